The van der Waals surface area contributed by atoms with Crippen molar-refractivity contribution in [1.29, 1.82) is 0 Å². The molecule has 9 aromatic carbocycles. The minimum Gasteiger partial charge on any atom is -0.0616 e. The lowest BCUT2D eigenvalue weighted by Crippen LogP contribution is -1.87. The summed E-state index contributed by atoms with van der Waals surface area (Å²) in [6.07, 6.45) is 9.06. The van der Waals surface area contributed by atoms with E-state index in [0.29, 0.717) is 0 Å². The van der Waals surface area contributed by atoms with Crippen LogP contribution in [0.3, 0.4) is 0 Å². The second-order valence-corrected chi connectivity index (χ2v) is 11.3. The van der Waals surface area contributed by atoms with E-state index in [0.717, 1.165) is 0 Å². The highest BCUT2D eigenvalue weighted by Crippen LogP contribution is 2.38. The van der Waals surface area contributed by atoms with Crippen LogP contribution in [0.25, 0.3) is 88.9 Å². The highest BCUT2D eigenvalue weighted by atomic mass is 14.1. The molecule has 0 aliphatic carbocycles. The van der Waals surface area contributed by atoms with Crippen LogP contribution >= 0.6 is 0 Å². The van der Waals surface area contributed by atoms with Gasteiger partial charge >= 0.3 is 0 Å². The lowest BCUT2D eigenvalue weighted by Gasteiger charge is -2.12. The van der Waals surface area contributed by atoms with E-state index >= 15 is 0 Å². The average molecular weight is 531 g/mol. The average Bonchev–Trinajstić information content (AvgIpc) is 3.05. The molecule has 9 rings (SSSR count). The van der Waals surface area contributed by atoms with E-state index in [1.807, 2.05) is 0 Å². The highest BCUT2D eigenvalue weighted by Gasteiger charge is 2.11. The Balaban J connectivity index is 1.13. The Morgan fingerprint density at radius 2 is 0.571 bits per heavy atom. The van der Waals surface area contributed by atoms with E-state index in [1.165, 1.54) is 86.9 Å². The molecule has 0 nitrogen and oxygen atoms in total. The molecule has 0 aliphatic heterocycles. The Kier molecular flexibility index (Phi) is 5.00. The number of hydrogen-bond acceptors (Lipinski definition) is 0. The Morgan fingerprint density at radius 1 is 0.238 bits per heavy atom. The van der Waals surface area contributed by atoms with Gasteiger partial charge in [0.2, 0.25) is 0 Å². The summed E-state index contributed by atoms with van der Waals surface area (Å²) in [7, 11) is 0. The third-order valence-electron chi connectivity index (χ3n) is 9.01. The molecule has 9 aromatic rings. The van der Waals surface area contributed by atoms with Crippen molar-refractivity contribution in [3.05, 3.63) is 156 Å². The number of hydrogen-bond donors (Lipinski definition) is 0. The molecule has 0 fully saturated rings. The predicted molar refractivity (Wildman–Crippen MR) is 185 cm³/mol. The Labute approximate surface area is 244 Å². The van der Waals surface area contributed by atoms with E-state index in [9.17, 15) is 0 Å². The van der Waals surface area contributed by atoms with Crippen LogP contribution in [-0.4, -0.2) is 0 Å². The predicted octanol–water partition coefficient (Wildman–Crippen LogP) is 11.8. The zero-order valence-corrected chi connectivity index (χ0v) is 23.0. The van der Waals surface area contributed by atoms with Crippen LogP contribution in [0.2, 0.25) is 0 Å². The third kappa shape index (κ3) is 3.49. The molecule has 0 atom stereocenters. The van der Waals surface area contributed by atoms with Crippen LogP contribution < -0.4 is 0 Å². The van der Waals surface area contributed by atoms with Gasteiger partial charge in [0.1, 0.15) is 0 Å². The quantitative estimate of drug-likeness (QED) is 0.157. The largest absolute Gasteiger partial charge is 0.0616 e. The molecule has 0 bridgehead atoms. The molecule has 194 valence electrons. The summed E-state index contributed by atoms with van der Waals surface area (Å²) in [5.74, 6) is 0. The second-order valence-electron chi connectivity index (χ2n) is 11.3. The second kappa shape index (κ2) is 9.03. The maximum atomic E-state index is 2.28. The van der Waals surface area contributed by atoms with Gasteiger partial charge in [0.15, 0.2) is 0 Å². The molecule has 0 unspecified atom stereocenters. The Morgan fingerprint density at radius 3 is 1.00 bits per heavy atom. The fraction of sp³-hybridized carbons (Fsp3) is 0. The molecule has 0 saturated carbocycles. The van der Waals surface area contributed by atoms with Gasteiger partial charge in [-0.3, -0.25) is 0 Å². The first-order chi connectivity index (χ1) is 20.8. The van der Waals surface area contributed by atoms with Gasteiger partial charge in [-0.25, -0.2) is 0 Å². The fourth-order valence-corrected chi connectivity index (χ4v) is 6.98. The van der Waals surface area contributed by atoms with Crippen molar-refractivity contribution < 1.29 is 0 Å². The van der Waals surface area contributed by atoms with Crippen LogP contribution in [0.15, 0.2) is 133 Å². The van der Waals surface area contributed by atoms with Crippen molar-refractivity contribution in [3.63, 3.8) is 0 Å². The first-order valence-corrected chi connectivity index (χ1v) is 14.6. The van der Waals surface area contributed by atoms with Gasteiger partial charge in [0, 0.05) is 0 Å². The van der Waals surface area contributed by atoms with Crippen molar-refractivity contribution >= 4 is 88.9 Å². The van der Waals surface area contributed by atoms with Crippen LogP contribution in [0.1, 0.15) is 22.3 Å². The maximum Gasteiger partial charge on any atom is -0.00208 e. The summed E-state index contributed by atoms with van der Waals surface area (Å²) in [6, 6.07) is 48.9. The summed E-state index contributed by atoms with van der Waals surface area (Å²) in [6.45, 7) is 0. The number of rotatable bonds is 4. The monoisotopic (exact) mass is 530 g/mol. The van der Waals surface area contributed by atoms with E-state index in [1.54, 1.807) is 0 Å². The standard InChI is InChI=1S/C42H26/c1-2-6-28(12-14-30-16-18-36-22-20-32-8-4-10-34-24-26-38(30)42(36)40(32)34)27(5-1)11-13-29-15-17-35-21-19-31-7-3-9-33-23-25-37(29)41(35)39(31)33/h1-26H. The van der Waals surface area contributed by atoms with Gasteiger partial charge < -0.3 is 0 Å². The van der Waals surface area contributed by atoms with Crippen molar-refractivity contribution in [2.45, 2.75) is 0 Å². The summed E-state index contributed by atoms with van der Waals surface area (Å²) in [5.41, 5.74) is 4.90. The first-order valence-electron chi connectivity index (χ1n) is 14.6. The molecule has 0 heteroatoms. The first kappa shape index (κ1) is 23.3. The van der Waals surface area contributed by atoms with E-state index in [-0.39, 0.29) is 0 Å². The molecule has 0 heterocycles. The Bertz CT molecular complexity index is 2300. The number of benzene rings is 9. The van der Waals surface area contributed by atoms with Gasteiger partial charge in [0.05, 0.1) is 0 Å². The summed E-state index contributed by atoms with van der Waals surface area (Å²) in [4.78, 5) is 0. The summed E-state index contributed by atoms with van der Waals surface area (Å²) < 4.78 is 0. The van der Waals surface area contributed by atoms with Crippen LogP contribution in [-0.2, 0) is 0 Å². The highest BCUT2D eigenvalue weighted by molar-refractivity contribution is 6.25. The van der Waals surface area contributed by atoms with Crippen LogP contribution in [0.4, 0.5) is 0 Å². The van der Waals surface area contributed by atoms with Crippen LogP contribution in [0.5, 0.6) is 0 Å². The maximum absolute atomic E-state index is 2.28. The molecule has 0 spiro atoms. The van der Waals surface area contributed by atoms with Crippen molar-refractivity contribution in [2.24, 2.45) is 0 Å². The molecule has 0 saturated heterocycles. The van der Waals surface area contributed by atoms with Crippen LogP contribution in [0, 0.1) is 0 Å². The topological polar surface area (TPSA) is 0 Å². The minimum atomic E-state index is 1.21. The molecule has 0 radical (unpaired) electrons. The minimum absolute atomic E-state index is 1.21. The van der Waals surface area contributed by atoms with Gasteiger partial charge in [0.25, 0.3) is 0 Å². The summed E-state index contributed by atoms with van der Waals surface area (Å²) >= 11 is 0. The van der Waals surface area contributed by atoms with Crippen molar-refractivity contribution in [1.82, 2.24) is 0 Å². The van der Waals surface area contributed by atoms with Gasteiger partial charge in [-0.1, -0.05) is 158 Å². The Hall–Kier alpha value is -5.46. The van der Waals surface area contributed by atoms with E-state index in [2.05, 4.69) is 158 Å². The van der Waals surface area contributed by atoms with Gasteiger partial charge in [-0.15, -0.1) is 0 Å². The van der Waals surface area contributed by atoms with Crippen molar-refractivity contribution in [3.8, 4) is 0 Å². The van der Waals surface area contributed by atoms with E-state index < -0.39 is 0 Å². The molecule has 0 amide bonds. The van der Waals surface area contributed by atoms with E-state index in [4.69, 9.17) is 0 Å². The fourth-order valence-electron chi connectivity index (χ4n) is 6.98. The molecule has 0 N–H and O–H groups in total. The molecule has 0 aliphatic rings. The SMILES string of the molecule is C(=Cc1ccc2ccc3cccc4ccc1c2c34)c1ccccc1C=Cc1ccc2ccc3cccc4ccc1c2c34. The lowest BCUT2D eigenvalue weighted by molar-refractivity contribution is 1.62. The zero-order chi connectivity index (χ0) is 27.6. The zero-order valence-electron chi connectivity index (χ0n) is 23.0. The molecule has 42 heavy (non-hydrogen) atoms. The molecular weight excluding hydrogens is 504 g/mol. The normalized spacial score (nSPS) is 12.6. The smallest absolute Gasteiger partial charge is 0.00208 e. The van der Waals surface area contributed by atoms with Gasteiger partial charge in [-0.2, -0.15) is 0 Å². The van der Waals surface area contributed by atoms with Crippen molar-refractivity contribution in [2.75, 3.05) is 0 Å². The third-order valence-corrected chi connectivity index (χ3v) is 9.01. The van der Waals surface area contributed by atoms with Gasteiger partial charge in [-0.05, 0) is 86.9 Å². The lowest BCUT2D eigenvalue weighted by atomic mass is 9.91. The summed E-state index contributed by atoms with van der Waals surface area (Å²) in [5, 5.41) is 15.8. The molecule has 0 aromatic heterocycles. The molecular formula is C42H26.